The van der Waals surface area contributed by atoms with Gasteiger partial charge >= 0.3 is 0 Å². The average molecular weight is 290 g/mol. The summed E-state index contributed by atoms with van der Waals surface area (Å²) in [5.74, 6) is -3.46. The predicted octanol–water partition coefficient (Wildman–Crippen LogP) is 1.88. The van der Waals surface area contributed by atoms with Crippen molar-refractivity contribution in [1.29, 1.82) is 0 Å². The van der Waals surface area contributed by atoms with Gasteiger partial charge < -0.3 is 15.2 Å². The Morgan fingerprint density at radius 1 is 1.10 bits per heavy atom. The van der Waals surface area contributed by atoms with Gasteiger partial charge in [-0.3, -0.25) is 4.79 Å². The van der Waals surface area contributed by atoms with E-state index in [1.807, 2.05) is 13.8 Å². The molecule has 1 aromatic carbocycles. The van der Waals surface area contributed by atoms with Crippen LogP contribution >= 0.6 is 0 Å². The van der Waals surface area contributed by atoms with E-state index < -0.39 is 23.6 Å². The van der Waals surface area contributed by atoms with Crippen molar-refractivity contribution in [3.63, 3.8) is 0 Å². The molecule has 0 heterocycles. The van der Waals surface area contributed by atoms with E-state index in [0.717, 1.165) is 11.1 Å². The number of carboxylic acid groups (broad SMARTS) is 1. The Hall–Kier alpha value is -2.17. The number of benzene rings is 1. The first-order valence-electron chi connectivity index (χ1n) is 6.81. The standard InChI is InChI=1S/C16H18FNO3/c1-9-7-13(14(16(20)21)8-10(9)2)15(19)18-12-5-3-11(17)4-6-12/h3-6,13-14H,7-8H2,1-2H3,(H,18,19)(H,20,21)/p-1/t13-,14-/m1/s1. The molecule has 4 nitrogen and oxygen atoms in total. The van der Waals surface area contributed by atoms with Crippen molar-refractivity contribution in [3.05, 3.63) is 41.2 Å². The summed E-state index contributed by atoms with van der Waals surface area (Å²) < 4.78 is 12.8. The summed E-state index contributed by atoms with van der Waals surface area (Å²) in [4.78, 5) is 23.6. The maximum absolute atomic E-state index is 12.8. The number of hydrogen-bond donors (Lipinski definition) is 1. The van der Waals surface area contributed by atoms with E-state index in [-0.39, 0.29) is 5.91 Å². The summed E-state index contributed by atoms with van der Waals surface area (Å²) in [5, 5.41) is 13.9. The molecule has 0 fully saturated rings. The molecule has 112 valence electrons. The molecule has 0 saturated carbocycles. The maximum atomic E-state index is 12.8. The van der Waals surface area contributed by atoms with E-state index in [1.54, 1.807) is 0 Å². The topological polar surface area (TPSA) is 69.2 Å². The smallest absolute Gasteiger partial charge is 0.228 e. The Labute approximate surface area is 122 Å². The van der Waals surface area contributed by atoms with Gasteiger partial charge in [0.15, 0.2) is 0 Å². The van der Waals surface area contributed by atoms with Gasteiger partial charge in [-0.15, -0.1) is 0 Å². The summed E-state index contributed by atoms with van der Waals surface area (Å²) in [7, 11) is 0. The Morgan fingerprint density at radius 2 is 1.62 bits per heavy atom. The first-order valence-corrected chi connectivity index (χ1v) is 6.81. The SMILES string of the molecule is CC1=C(C)C[C@@H](C(=O)Nc2ccc(F)cc2)[C@H](C(=O)[O-])C1. The minimum atomic E-state index is -1.21. The molecule has 2 rings (SSSR count). The Morgan fingerprint density at radius 3 is 2.14 bits per heavy atom. The van der Waals surface area contributed by atoms with Crippen LogP contribution < -0.4 is 10.4 Å². The molecular weight excluding hydrogens is 273 g/mol. The van der Waals surface area contributed by atoms with Gasteiger partial charge in [0.05, 0.1) is 5.92 Å². The lowest BCUT2D eigenvalue weighted by Gasteiger charge is -2.32. The molecule has 1 amide bonds. The number of carbonyl (C=O) groups is 2. The van der Waals surface area contributed by atoms with E-state index >= 15 is 0 Å². The van der Waals surface area contributed by atoms with Crippen molar-refractivity contribution in [1.82, 2.24) is 0 Å². The van der Waals surface area contributed by atoms with Gasteiger partial charge in [-0.1, -0.05) is 11.1 Å². The summed E-state index contributed by atoms with van der Waals surface area (Å²) in [6, 6.07) is 5.36. The third kappa shape index (κ3) is 3.48. The third-order valence-corrected chi connectivity index (χ3v) is 4.02. The largest absolute Gasteiger partial charge is 0.550 e. The van der Waals surface area contributed by atoms with E-state index in [1.165, 1.54) is 24.3 Å². The lowest BCUT2D eigenvalue weighted by atomic mass is 9.76. The average Bonchev–Trinajstić information content (AvgIpc) is 2.43. The molecule has 1 aromatic rings. The van der Waals surface area contributed by atoms with Crippen LogP contribution in [-0.2, 0) is 9.59 Å². The van der Waals surface area contributed by atoms with Crippen LogP contribution in [0.15, 0.2) is 35.4 Å². The van der Waals surface area contributed by atoms with Gasteiger partial charge in [-0.25, -0.2) is 4.39 Å². The molecule has 0 aliphatic heterocycles. The zero-order valence-electron chi connectivity index (χ0n) is 12.0. The molecular formula is C16H17FNO3-. The van der Waals surface area contributed by atoms with Crippen molar-refractivity contribution in [3.8, 4) is 0 Å². The highest BCUT2D eigenvalue weighted by Gasteiger charge is 2.33. The molecule has 21 heavy (non-hydrogen) atoms. The molecule has 1 aliphatic rings. The van der Waals surface area contributed by atoms with Crippen LogP contribution in [0.2, 0.25) is 0 Å². The number of hydrogen-bond acceptors (Lipinski definition) is 3. The summed E-state index contributed by atoms with van der Waals surface area (Å²) in [5.41, 5.74) is 2.48. The number of aliphatic carboxylic acids is 1. The van der Waals surface area contributed by atoms with Gasteiger partial charge in [0, 0.05) is 17.6 Å². The fraction of sp³-hybridized carbons (Fsp3) is 0.375. The molecule has 0 radical (unpaired) electrons. The van der Waals surface area contributed by atoms with Crippen LogP contribution in [0.25, 0.3) is 0 Å². The Bertz CT molecular complexity index is 592. The summed E-state index contributed by atoms with van der Waals surface area (Å²) in [6.07, 6.45) is 0.729. The number of halogens is 1. The van der Waals surface area contributed by atoms with E-state index in [9.17, 15) is 19.1 Å². The highest BCUT2D eigenvalue weighted by Crippen LogP contribution is 2.34. The number of amides is 1. The Balaban J connectivity index is 2.16. The van der Waals surface area contributed by atoms with Gasteiger partial charge in [0.1, 0.15) is 5.82 Å². The molecule has 2 atom stereocenters. The molecule has 0 spiro atoms. The van der Waals surface area contributed by atoms with Gasteiger partial charge in [0.2, 0.25) is 5.91 Å². The van der Waals surface area contributed by atoms with Crippen LogP contribution in [0.4, 0.5) is 10.1 Å². The Kier molecular flexibility index (Phi) is 4.40. The number of allylic oxidation sites excluding steroid dienone is 2. The maximum Gasteiger partial charge on any atom is 0.228 e. The second kappa shape index (κ2) is 6.08. The molecule has 1 N–H and O–H groups in total. The van der Waals surface area contributed by atoms with Gasteiger partial charge in [-0.2, -0.15) is 0 Å². The van der Waals surface area contributed by atoms with E-state index in [4.69, 9.17) is 0 Å². The fourth-order valence-corrected chi connectivity index (χ4v) is 2.58. The van der Waals surface area contributed by atoms with Crippen molar-refractivity contribution in [2.24, 2.45) is 11.8 Å². The molecule has 0 unspecified atom stereocenters. The van der Waals surface area contributed by atoms with Crippen molar-refractivity contribution >= 4 is 17.6 Å². The third-order valence-electron chi connectivity index (χ3n) is 4.02. The highest BCUT2D eigenvalue weighted by atomic mass is 19.1. The first-order chi connectivity index (χ1) is 9.88. The summed E-state index contributed by atoms with van der Waals surface area (Å²) >= 11 is 0. The molecule has 0 saturated heterocycles. The minimum Gasteiger partial charge on any atom is -0.550 e. The molecule has 1 aliphatic carbocycles. The van der Waals surface area contributed by atoms with Crippen LogP contribution in [0.1, 0.15) is 26.7 Å². The highest BCUT2D eigenvalue weighted by molar-refractivity contribution is 5.95. The first kappa shape index (κ1) is 15.2. The van der Waals surface area contributed by atoms with Crippen molar-refractivity contribution in [2.75, 3.05) is 5.32 Å². The minimum absolute atomic E-state index is 0.329. The quantitative estimate of drug-likeness (QED) is 0.864. The van der Waals surface area contributed by atoms with E-state index in [2.05, 4.69) is 5.32 Å². The van der Waals surface area contributed by atoms with E-state index in [0.29, 0.717) is 18.5 Å². The number of anilines is 1. The van der Waals surface area contributed by atoms with Crippen LogP contribution in [0.3, 0.4) is 0 Å². The van der Waals surface area contributed by atoms with Crippen LogP contribution in [0, 0.1) is 17.7 Å². The normalized spacial score (nSPS) is 22.0. The lowest BCUT2D eigenvalue weighted by molar-refractivity contribution is -0.313. The van der Waals surface area contributed by atoms with Gasteiger partial charge in [0.25, 0.3) is 0 Å². The monoisotopic (exact) mass is 290 g/mol. The molecule has 0 aromatic heterocycles. The number of carbonyl (C=O) groups excluding carboxylic acids is 2. The predicted molar refractivity (Wildman–Crippen MR) is 74.6 cm³/mol. The number of rotatable bonds is 3. The van der Waals surface area contributed by atoms with Crippen LogP contribution in [0.5, 0.6) is 0 Å². The molecule has 0 bridgehead atoms. The second-order valence-corrected chi connectivity index (χ2v) is 5.50. The zero-order valence-corrected chi connectivity index (χ0v) is 12.0. The van der Waals surface area contributed by atoms with Crippen molar-refractivity contribution in [2.45, 2.75) is 26.7 Å². The zero-order chi connectivity index (χ0) is 15.6. The number of carboxylic acids is 1. The summed E-state index contributed by atoms with van der Waals surface area (Å²) in [6.45, 7) is 3.78. The second-order valence-electron chi connectivity index (χ2n) is 5.50. The number of nitrogens with one attached hydrogen (secondary N) is 1. The fourth-order valence-electron chi connectivity index (χ4n) is 2.58. The lowest BCUT2D eigenvalue weighted by Crippen LogP contribution is -2.42. The van der Waals surface area contributed by atoms with Crippen molar-refractivity contribution < 1.29 is 19.1 Å². The van der Waals surface area contributed by atoms with Gasteiger partial charge in [-0.05, 0) is 51.0 Å². The molecule has 5 heteroatoms. The van der Waals surface area contributed by atoms with Crippen LogP contribution in [-0.4, -0.2) is 11.9 Å².